The zero-order valence-corrected chi connectivity index (χ0v) is 8.08. The van der Waals surface area contributed by atoms with E-state index < -0.39 is 0 Å². The molecule has 0 saturated carbocycles. The number of carbonyl (C=O) groups is 1. The van der Waals surface area contributed by atoms with E-state index >= 15 is 0 Å². The van der Waals surface area contributed by atoms with Crippen molar-refractivity contribution in [3.8, 4) is 0 Å². The van der Waals surface area contributed by atoms with Crippen molar-refractivity contribution in [1.82, 2.24) is 5.32 Å². The predicted octanol–water partition coefficient (Wildman–Crippen LogP) is -0.124. The second-order valence-electron chi connectivity index (χ2n) is 3.63. The van der Waals surface area contributed by atoms with Gasteiger partial charge >= 0.3 is 0 Å². The number of carbonyl (C=O) groups excluding carboxylic acids is 1. The molecule has 0 aliphatic carbocycles. The minimum Gasteiger partial charge on any atom is -0.380 e. The van der Waals surface area contributed by atoms with Crippen molar-refractivity contribution in [2.45, 2.75) is 25.8 Å². The number of amides is 1. The van der Waals surface area contributed by atoms with Gasteiger partial charge in [0.05, 0.1) is 6.61 Å². The Labute approximate surface area is 78.8 Å². The molecule has 0 spiro atoms. The fraction of sp³-hybridized carbons (Fsp3) is 0.889. The maximum absolute atomic E-state index is 10.7. The summed E-state index contributed by atoms with van der Waals surface area (Å²) >= 11 is 0. The number of hydrogen-bond acceptors (Lipinski definition) is 3. The third kappa shape index (κ3) is 3.74. The van der Waals surface area contributed by atoms with Gasteiger partial charge in [-0.05, 0) is 12.8 Å². The normalized spacial score (nSPS) is 25.5. The largest absolute Gasteiger partial charge is 0.380 e. The summed E-state index contributed by atoms with van der Waals surface area (Å²) in [5.41, 5.74) is 5.14. The highest BCUT2D eigenvalue weighted by atomic mass is 16.5. The van der Waals surface area contributed by atoms with E-state index in [0.29, 0.717) is 12.6 Å². The average Bonchev–Trinajstić information content (AvgIpc) is 2.15. The van der Waals surface area contributed by atoms with E-state index in [0.717, 1.165) is 26.1 Å². The summed E-state index contributed by atoms with van der Waals surface area (Å²) in [7, 11) is 0. The molecule has 1 aliphatic heterocycles. The molecule has 0 aromatic rings. The van der Waals surface area contributed by atoms with E-state index in [-0.39, 0.29) is 11.8 Å². The van der Waals surface area contributed by atoms with Crippen LogP contribution in [0.5, 0.6) is 0 Å². The zero-order chi connectivity index (χ0) is 9.68. The lowest BCUT2D eigenvalue weighted by molar-refractivity contribution is -0.121. The number of rotatable bonds is 4. The quantitative estimate of drug-likeness (QED) is 0.643. The summed E-state index contributed by atoms with van der Waals surface area (Å²) < 4.78 is 5.30. The lowest BCUT2D eigenvalue weighted by atomic mass is 10.1. The Morgan fingerprint density at radius 1 is 1.77 bits per heavy atom. The highest BCUT2D eigenvalue weighted by molar-refractivity contribution is 5.76. The van der Waals surface area contributed by atoms with Crippen LogP contribution in [-0.4, -0.2) is 31.7 Å². The molecule has 2 unspecified atom stereocenters. The van der Waals surface area contributed by atoms with E-state index in [1.807, 2.05) is 6.92 Å². The van der Waals surface area contributed by atoms with Gasteiger partial charge in [-0.2, -0.15) is 0 Å². The Hall–Kier alpha value is -0.610. The summed E-state index contributed by atoms with van der Waals surface area (Å²) in [6.45, 7) is 4.11. The highest BCUT2D eigenvalue weighted by Gasteiger charge is 2.15. The van der Waals surface area contributed by atoms with Crippen molar-refractivity contribution in [3.05, 3.63) is 0 Å². The molecule has 0 aromatic carbocycles. The molecule has 1 fully saturated rings. The Morgan fingerprint density at radius 3 is 3.08 bits per heavy atom. The summed E-state index contributed by atoms with van der Waals surface area (Å²) in [6, 6.07) is 0.399. The maximum atomic E-state index is 10.7. The molecule has 13 heavy (non-hydrogen) atoms. The lowest BCUT2D eigenvalue weighted by Crippen LogP contribution is -2.41. The van der Waals surface area contributed by atoms with Gasteiger partial charge < -0.3 is 15.8 Å². The first-order valence-corrected chi connectivity index (χ1v) is 4.80. The molecule has 0 aromatic heterocycles. The standard InChI is InChI=1S/C9H18N2O2/c1-7(9(10)12)5-11-8-3-2-4-13-6-8/h7-8,11H,2-6H2,1H3,(H2,10,12). The van der Waals surface area contributed by atoms with E-state index in [1.54, 1.807) is 0 Å². The molecule has 1 saturated heterocycles. The van der Waals surface area contributed by atoms with Crippen LogP contribution in [0.15, 0.2) is 0 Å². The van der Waals surface area contributed by atoms with Gasteiger partial charge in [0.15, 0.2) is 0 Å². The Balaban J connectivity index is 2.13. The smallest absolute Gasteiger partial charge is 0.221 e. The molecule has 4 heteroatoms. The van der Waals surface area contributed by atoms with Crippen LogP contribution < -0.4 is 11.1 Å². The molecule has 1 amide bonds. The van der Waals surface area contributed by atoms with Crippen molar-refractivity contribution in [3.63, 3.8) is 0 Å². The average molecular weight is 186 g/mol. The molecule has 1 aliphatic rings. The molecule has 4 nitrogen and oxygen atoms in total. The van der Waals surface area contributed by atoms with E-state index in [4.69, 9.17) is 10.5 Å². The number of nitrogens with two attached hydrogens (primary N) is 1. The molecule has 1 rings (SSSR count). The molecule has 1 heterocycles. The molecule has 3 N–H and O–H groups in total. The van der Waals surface area contributed by atoms with Gasteiger partial charge in [-0.25, -0.2) is 0 Å². The Bertz CT molecular complexity index is 167. The summed E-state index contributed by atoms with van der Waals surface area (Å²) in [5.74, 6) is -0.342. The second kappa shape index (κ2) is 5.19. The summed E-state index contributed by atoms with van der Waals surface area (Å²) in [4.78, 5) is 10.7. The van der Waals surface area contributed by atoms with Crippen molar-refractivity contribution in [2.24, 2.45) is 11.7 Å². The highest BCUT2D eigenvalue weighted by Crippen LogP contribution is 2.06. The minimum absolute atomic E-state index is 0.0954. The predicted molar refractivity (Wildman–Crippen MR) is 50.2 cm³/mol. The van der Waals surface area contributed by atoms with Crippen LogP contribution >= 0.6 is 0 Å². The zero-order valence-electron chi connectivity index (χ0n) is 8.08. The van der Waals surface area contributed by atoms with Gasteiger partial charge in [-0.15, -0.1) is 0 Å². The fourth-order valence-electron chi connectivity index (χ4n) is 1.35. The van der Waals surface area contributed by atoms with Crippen molar-refractivity contribution >= 4 is 5.91 Å². The van der Waals surface area contributed by atoms with E-state index in [2.05, 4.69) is 5.32 Å². The monoisotopic (exact) mass is 186 g/mol. The van der Waals surface area contributed by atoms with Crippen molar-refractivity contribution < 1.29 is 9.53 Å². The van der Waals surface area contributed by atoms with Crippen LogP contribution in [0.2, 0.25) is 0 Å². The Kier molecular flexibility index (Phi) is 4.18. The van der Waals surface area contributed by atoms with Gasteiger partial charge in [0.25, 0.3) is 0 Å². The first kappa shape index (κ1) is 10.5. The SMILES string of the molecule is CC(CNC1CCCOC1)C(N)=O. The van der Waals surface area contributed by atoms with E-state index in [9.17, 15) is 4.79 Å². The number of primary amides is 1. The molecular formula is C9H18N2O2. The van der Waals surface area contributed by atoms with Gasteiger partial charge in [0.1, 0.15) is 0 Å². The van der Waals surface area contributed by atoms with Gasteiger partial charge in [-0.1, -0.05) is 6.92 Å². The molecule has 2 atom stereocenters. The van der Waals surface area contributed by atoms with Crippen LogP contribution in [-0.2, 0) is 9.53 Å². The van der Waals surface area contributed by atoms with Crippen LogP contribution in [0.1, 0.15) is 19.8 Å². The van der Waals surface area contributed by atoms with Crippen molar-refractivity contribution in [2.75, 3.05) is 19.8 Å². The van der Waals surface area contributed by atoms with Crippen LogP contribution in [0.25, 0.3) is 0 Å². The van der Waals surface area contributed by atoms with E-state index in [1.165, 1.54) is 0 Å². The van der Waals surface area contributed by atoms with Crippen LogP contribution in [0.3, 0.4) is 0 Å². The third-order valence-electron chi connectivity index (χ3n) is 2.36. The minimum atomic E-state index is -0.246. The lowest BCUT2D eigenvalue weighted by Gasteiger charge is -2.24. The molecule has 76 valence electrons. The van der Waals surface area contributed by atoms with Gasteiger partial charge in [0.2, 0.25) is 5.91 Å². The Morgan fingerprint density at radius 2 is 2.54 bits per heavy atom. The fourth-order valence-corrected chi connectivity index (χ4v) is 1.35. The topological polar surface area (TPSA) is 64.3 Å². The summed E-state index contributed by atoms with van der Waals surface area (Å²) in [6.07, 6.45) is 2.23. The second-order valence-corrected chi connectivity index (χ2v) is 3.63. The molecule has 0 bridgehead atoms. The first-order valence-electron chi connectivity index (χ1n) is 4.80. The van der Waals surface area contributed by atoms with Crippen LogP contribution in [0.4, 0.5) is 0 Å². The van der Waals surface area contributed by atoms with Gasteiger partial charge in [0, 0.05) is 25.1 Å². The van der Waals surface area contributed by atoms with Crippen molar-refractivity contribution in [1.29, 1.82) is 0 Å². The number of hydrogen-bond donors (Lipinski definition) is 2. The summed E-state index contributed by atoms with van der Waals surface area (Å²) in [5, 5.41) is 3.28. The molecule has 0 radical (unpaired) electrons. The van der Waals surface area contributed by atoms with Gasteiger partial charge in [-0.3, -0.25) is 4.79 Å². The third-order valence-corrected chi connectivity index (χ3v) is 2.36. The first-order chi connectivity index (χ1) is 6.20. The maximum Gasteiger partial charge on any atom is 0.221 e. The number of ether oxygens (including phenoxy) is 1. The molecular weight excluding hydrogens is 168 g/mol. The van der Waals surface area contributed by atoms with Crippen LogP contribution in [0, 0.1) is 5.92 Å². The number of nitrogens with one attached hydrogen (secondary N) is 1.